The Labute approximate surface area is 170 Å². The molecule has 0 aliphatic heterocycles. The molecule has 3 aromatic rings. The van der Waals surface area contributed by atoms with Gasteiger partial charge in [0, 0.05) is 34.9 Å². The average molecular weight is 423 g/mol. The van der Waals surface area contributed by atoms with E-state index in [4.69, 9.17) is 23.2 Å². The van der Waals surface area contributed by atoms with E-state index in [1.165, 1.54) is 24.3 Å². The maximum absolute atomic E-state index is 10.5. The topological polar surface area (TPSA) is 121 Å². The first kappa shape index (κ1) is 19.8. The van der Waals surface area contributed by atoms with Crippen molar-refractivity contribution >= 4 is 23.2 Å². The SMILES string of the molecule is CC(c1ccc(O)cc1O)(c1cc(Cl)c(O)cc1O)c1cc(Cl)c(O)cc1O. The van der Waals surface area contributed by atoms with E-state index < -0.39 is 5.41 Å². The second-order valence-electron chi connectivity index (χ2n) is 6.47. The van der Waals surface area contributed by atoms with Crippen molar-refractivity contribution in [1.29, 1.82) is 0 Å². The van der Waals surface area contributed by atoms with Crippen molar-refractivity contribution in [2.75, 3.05) is 0 Å². The summed E-state index contributed by atoms with van der Waals surface area (Å²) in [5.41, 5.74) is -0.984. The Morgan fingerprint density at radius 1 is 0.571 bits per heavy atom. The minimum absolute atomic E-state index is 0.0679. The number of phenols is 6. The van der Waals surface area contributed by atoms with Gasteiger partial charge in [0.1, 0.15) is 34.5 Å². The first-order valence-corrected chi connectivity index (χ1v) is 8.77. The molecule has 0 spiro atoms. The van der Waals surface area contributed by atoms with Gasteiger partial charge in [-0.1, -0.05) is 29.3 Å². The van der Waals surface area contributed by atoms with E-state index in [0.29, 0.717) is 0 Å². The van der Waals surface area contributed by atoms with E-state index in [2.05, 4.69) is 0 Å². The number of hydrogen-bond acceptors (Lipinski definition) is 6. The van der Waals surface area contributed by atoms with Crippen molar-refractivity contribution in [2.24, 2.45) is 0 Å². The van der Waals surface area contributed by atoms with Crippen LogP contribution in [0.5, 0.6) is 34.5 Å². The number of rotatable bonds is 3. The van der Waals surface area contributed by atoms with Crippen molar-refractivity contribution in [3.63, 3.8) is 0 Å². The van der Waals surface area contributed by atoms with Crippen LogP contribution in [-0.4, -0.2) is 30.6 Å². The number of benzene rings is 3. The monoisotopic (exact) mass is 422 g/mol. The zero-order valence-electron chi connectivity index (χ0n) is 14.5. The first-order chi connectivity index (χ1) is 13.1. The molecule has 0 atom stereocenters. The lowest BCUT2D eigenvalue weighted by Gasteiger charge is -2.33. The summed E-state index contributed by atoms with van der Waals surface area (Å²) in [7, 11) is 0. The predicted octanol–water partition coefficient (Wildman–Crippen LogP) is 4.58. The number of halogens is 2. The highest BCUT2D eigenvalue weighted by molar-refractivity contribution is 6.32. The predicted molar refractivity (Wildman–Crippen MR) is 105 cm³/mol. The first-order valence-electron chi connectivity index (χ1n) is 8.02. The molecular weight excluding hydrogens is 407 g/mol. The third kappa shape index (κ3) is 3.10. The van der Waals surface area contributed by atoms with E-state index >= 15 is 0 Å². The molecule has 146 valence electrons. The summed E-state index contributed by atoms with van der Waals surface area (Å²) in [4.78, 5) is 0. The molecule has 3 rings (SSSR count). The van der Waals surface area contributed by atoms with E-state index in [-0.39, 0.29) is 61.2 Å². The Bertz CT molecular complexity index is 1020. The fourth-order valence-corrected chi connectivity index (χ4v) is 3.61. The van der Waals surface area contributed by atoms with Crippen LogP contribution in [0.15, 0.2) is 42.5 Å². The Morgan fingerprint density at radius 3 is 1.43 bits per heavy atom. The van der Waals surface area contributed by atoms with Crippen molar-refractivity contribution in [1.82, 2.24) is 0 Å². The minimum Gasteiger partial charge on any atom is -0.508 e. The molecule has 0 saturated heterocycles. The van der Waals surface area contributed by atoms with E-state index in [1.54, 1.807) is 6.92 Å². The van der Waals surface area contributed by atoms with Crippen LogP contribution in [0.3, 0.4) is 0 Å². The van der Waals surface area contributed by atoms with E-state index in [0.717, 1.165) is 18.2 Å². The molecule has 6 nitrogen and oxygen atoms in total. The van der Waals surface area contributed by atoms with Gasteiger partial charge in [-0.15, -0.1) is 0 Å². The molecule has 0 amide bonds. The lowest BCUT2D eigenvalue weighted by Crippen LogP contribution is -2.26. The average Bonchev–Trinajstić information content (AvgIpc) is 2.60. The quantitative estimate of drug-likeness (QED) is 0.343. The molecule has 0 radical (unpaired) electrons. The highest BCUT2D eigenvalue weighted by atomic mass is 35.5. The van der Waals surface area contributed by atoms with Crippen LogP contribution in [0.4, 0.5) is 0 Å². The largest absolute Gasteiger partial charge is 0.508 e. The van der Waals surface area contributed by atoms with Gasteiger partial charge >= 0.3 is 0 Å². The Hall–Kier alpha value is -2.96. The van der Waals surface area contributed by atoms with Crippen LogP contribution in [-0.2, 0) is 5.41 Å². The summed E-state index contributed by atoms with van der Waals surface area (Å²) in [6.07, 6.45) is 0. The van der Waals surface area contributed by atoms with Gasteiger partial charge in [-0.2, -0.15) is 0 Å². The fraction of sp³-hybridized carbons (Fsp3) is 0.100. The van der Waals surface area contributed by atoms with Crippen LogP contribution in [0, 0.1) is 0 Å². The van der Waals surface area contributed by atoms with Crippen molar-refractivity contribution in [3.05, 3.63) is 69.2 Å². The molecule has 0 saturated carbocycles. The molecule has 0 aliphatic carbocycles. The molecule has 0 fully saturated rings. The molecule has 8 heteroatoms. The summed E-state index contributed by atoms with van der Waals surface area (Å²) >= 11 is 12.1. The maximum Gasteiger partial charge on any atom is 0.137 e. The van der Waals surface area contributed by atoms with Crippen LogP contribution in [0.25, 0.3) is 0 Å². The standard InChI is InChI=1S/C20H16Cl2O6/c1-20(10-3-2-9(23)4-15(10)24,11-5-13(21)18(27)7-16(11)25)12-6-14(22)19(28)8-17(12)26/h2-8,23-28H,1H3. The van der Waals surface area contributed by atoms with Gasteiger partial charge in [-0.3, -0.25) is 0 Å². The lowest BCUT2D eigenvalue weighted by atomic mass is 9.70. The van der Waals surface area contributed by atoms with Crippen LogP contribution in [0.2, 0.25) is 10.0 Å². The lowest BCUT2D eigenvalue weighted by molar-refractivity contribution is 0.417. The Balaban J connectivity index is 2.45. The summed E-state index contributed by atoms with van der Waals surface area (Å²) in [5, 5.41) is 60.6. The summed E-state index contributed by atoms with van der Waals surface area (Å²) in [5.74, 6) is -1.94. The third-order valence-electron chi connectivity index (χ3n) is 4.73. The van der Waals surface area contributed by atoms with Crippen LogP contribution in [0.1, 0.15) is 23.6 Å². The smallest absolute Gasteiger partial charge is 0.137 e. The second-order valence-corrected chi connectivity index (χ2v) is 7.28. The minimum atomic E-state index is -1.44. The van der Waals surface area contributed by atoms with Crippen LogP contribution >= 0.6 is 23.2 Å². The van der Waals surface area contributed by atoms with Crippen molar-refractivity contribution in [2.45, 2.75) is 12.3 Å². The summed E-state index contributed by atoms with van der Waals surface area (Å²) in [6.45, 7) is 1.57. The third-order valence-corrected chi connectivity index (χ3v) is 5.33. The van der Waals surface area contributed by atoms with E-state index in [1.807, 2.05) is 0 Å². The molecule has 3 aromatic carbocycles. The van der Waals surface area contributed by atoms with Gasteiger partial charge in [0.25, 0.3) is 0 Å². The van der Waals surface area contributed by atoms with Crippen LogP contribution < -0.4 is 0 Å². The molecule has 0 aromatic heterocycles. The highest BCUT2D eigenvalue weighted by Crippen LogP contribution is 2.51. The molecule has 0 bridgehead atoms. The second kappa shape index (κ2) is 6.89. The zero-order chi connectivity index (χ0) is 20.8. The molecule has 0 unspecified atom stereocenters. The molecular formula is C20H16Cl2O6. The molecule has 28 heavy (non-hydrogen) atoms. The van der Waals surface area contributed by atoms with Crippen molar-refractivity contribution in [3.8, 4) is 34.5 Å². The van der Waals surface area contributed by atoms with E-state index in [9.17, 15) is 30.6 Å². The van der Waals surface area contributed by atoms with Gasteiger partial charge in [0.2, 0.25) is 0 Å². The Morgan fingerprint density at radius 2 is 1.00 bits per heavy atom. The highest BCUT2D eigenvalue weighted by Gasteiger charge is 2.39. The van der Waals surface area contributed by atoms with Gasteiger partial charge in [0.15, 0.2) is 0 Å². The maximum atomic E-state index is 10.5. The fourth-order valence-electron chi connectivity index (χ4n) is 3.28. The summed E-state index contributed by atoms with van der Waals surface area (Å²) < 4.78 is 0. The number of hydrogen-bond donors (Lipinski definition) is 6. The normalized spacial score (nSPS) is 11.5. The number of phenolic OH excluding ortho intramolecular Hbond substituents is 6. The van der Waals surface area contributed by atoms with Gasteiger partial charge in [-0.05, 0) is 25.1 Å². The van der Waals surface area contributed by atoms with Gasteiger partial charge in [-0.25, -0.2) is 0 Å². The molecule has 6 N–H and O–H groups in total. The Kier molecular flexibility index (Phi) is 4.87. The van der Waals surface area contributed by atoms with Gasteiger partial charge < -0.3 is 30.6 Å². The molecule has 0 heterocycles. The number of aromatic hydroxyl groups is 6. The molecule has 0 aliphatic rings. The zero-order valence-corrected chi connectivity index (χ0v) is 16.0. The van der Waals surface area contributed by atoms with Gasteiger partial charge in [0.05, 0.1) is 15.5 Å². The summed E-state index contributed by atoms with van der Waals surface area (Å²) in [6, 6.07) is 8.48. The van der Waals surface area contributed by atoms with Crippen molar-refractivity contribution < 1.29 is 30.6 Å².